The molecule has 0 saturated heterocycles. The zero-order chi connectivity index (χ0) is 14.7. The number of halogens is 3. The molecular formula is C11H14F3NO3S. The van der Waals surface area contributed by atoms with Crippen LogP contribution in [0.4, 0.5) is 13.2 Å². The van der Waals surface area contributed by atoms with Gasteiger partial charge in [0.05, 0.1) is 4.90 Å². The van der Waals surface area contributed by atoms with Gasteiger partial charge >= 0.3 is 6.36 Å². The summed E-state index contributed by atoms with van der Waals surface area (Å²) >= 11 is 0. The predicted molar refractivity (Wildman–Crippen MR) is 63.2 cm³/mol. The number of hydrogen-bond acceptors (Lipinski definition) is 3. The van der Waals surface area contributed by atoms with Crippen LogP contribution in [0.25, 0.3) is 0 Å². The number of rotatable bonds is 5. The summed E-state index contributed by atoms with van der Waals surface area (Å²) < 4.78 is 65.5. The van der Waals surface area contributed by atoms with Crippen molar-refractivity contribution in [1.82, 2.24) is 4.72 Å². The van der Waals surface area contributed by atoms with Gasteiger partial charge in [0.2, 0.25) is 10.0 Å². The van der Waals surface area contributed by atoms with E-state index in [2.05, 4.69) is 9.46 Å². The van der Waals surface area contributed by atoms with Crippen molar-refractivity contribution in [3.63, 3.8) is 0 Å². The summed E-state index contributed by atoms with van der Waals surface area (Å²) in [5.41, 5.74) is 0. The van der Waals surface area contributed by atoms with Crippen LogP contribution in [-0.2, 0) is 10.0 Å². The fourth-order valence-corrected chi connectivity index (χ4v) is 2.56. The van der Waals surface area contributed by atoms with E-state index in [9.17, 15) is 21.6 Å². The Morgan fingerprint density at radius 2 is 1.79 bits per heavy atom. The van der Waals surface area contributed by atoms with Crippen LogP contribution in [-0.4, -0.2) is 20.8 Å². The highest BCUT2D eigenvalue weighted by Gasteiger charge is 2.31. The summed E-state index contributed by atoms with van der Waals surface area (Å²) in [5.74, 6) is -0.463. The molecule has 1 rings (SSSR count). The molecule has 4 nitrogen and oxygen atoms in total. The van der Waals surface area contributed by atoms with Gasteiger partial charge in [0.25, 0.3) is 0 Å². The van der Waals surface area contributed by atoms with Gasteiger partial charge < -0.3 is 4.74 Å². The van der Waals surface area contributed by atoms with Gasteiger partial charge in [-0.15, -0.1) is 13.2 Å². The summed E-state index contributed by atoms with van der Waals surface area (Å²) in [7, 11) is -3.72. The molecule has 0 heterocycles. The topological polar surface area (TPSA) is 55.4 Å². The first-order valence-corrected chi connectivity index (χ1v) is 7.00. The number of hydrogen-bond donors (Lipinski definition) is 1. The third-order valence-electron chi connectivity index (χ3n) is 2.34. The zero-order valence-corrected chi connectivity index (χ0v) is 11.2. The SMILES string of the molecule is CC[C@@H](C)NS(=O)(=O)c1ccc(OC(F)(F)F)cc1. The molecule has 0 radical (unpaired) electrons. The van der Waals surface area contributed by atoms with Crippen LogP contribution in [0, 0.1) is 0 Å². The minimum atomic E-state index is -4.80. The van der Waals surface area contributed by atoms with Gasteiger partial charge in [-0.3, -0.25) is 0 Å². The Kier molecular flexibility index (Phi) is 4.81. The maximum absolute atomic E-state index is 11.9. The number of benzene rings is 1. The van der Waals surface area contributed by atoms with Gasteiger partial charge in [-0.05, 0) is 37.6 Å². The van der Waals surface area contributed by atoms with E-state index in [1.807, 2.05) is 6.92 Å². The Morgan fingerprint density at radius 3 is 2.21 bits per heavy atom. The van der Waals surface area contributed by atoms with Crippen molar-refractivity contribution in [2.45, 2.75) is 37.6 Å². The van der Waals surface area contributed by atoms with Crippen LogP contribution in [0.1, 0.15) is 20.3 Å². The smallest absolute Gasteiger partial charge is 0.406 e. The highest BCUT2D eigenvalue weighted by atomic mass is 32.2. The zero-order valence-electron chi connectivity index (χ0n) is 10.4. The molecule has 8 heteroatoms. The number of sulfonamides is 1. The highest BCUT2D eigenvalue weighted by molar-refractivity contribution is 7.89. The first-order chi connectivity index (χ1) is 8.64. The summed E-state index contributed by atoms with van der Waals surface area (Å²) in [6.07, 6.45) is -4.19. The maximum Gasteiger partial charge on any atom is 0.573 e. The molecule has 108 valence electrons. The van der Waals surface area contributed by atoms with Crippen molar-refractivity contribution in [2.24, 2.45) is 0 Å². The largest absolute Gasteiger partial charge is 0.573 e. The highest BCUT2D eigenvalue weighted by Crippen LogP contribution is 2.23. The average Bonchev–Trinajstić information content (AvgIpc) is 2.26. The Hall–Kier alpha value is -1.28. The van der Waals surface area contributed by atoms with E-state index >= 15 is 0 Å². The van der Waals surface area contributed by atoms with Gasteiger partial charge in [0, 0.05) is 6.04 Å². The minimum absolute atomic E-state index is 0.109. The monoisotopic (exact) mass is 297 g/mol. The molecule has 1 atom stereocenters. The van der Waals surface area contributed by atoms with Gasteiger partial charge in [0.15, 0.2) is 0 Å². The summed E-state index contributed by atoms with van der Waals surface area (Å²) in [5, 5.41) is 0. The summed E-state index contributed by atoms with van der Waals surface area (Å²) in [4.78, 5) is -0.109. The average molecular weight is 297 g/mol. The van der Waals surface area contributed by atoms with Crippen molar-refractivity contribution in [2.75, 3.05) is 0 Å². The molecule has 0 bridgehead atoms. The fourth-order valence-electron chi connectivity index (χ4n) is 1.24. The molecule has 1 N–H and O–H groups in total. The van der Waals surface area contributed by atoms with E-state index < -0.39 is 22.1 Å². The van der Waals surface area contributed by atoms with Gasteiger partial charge in [0.1, 0.15) is 5.75 Å². The molecule has 0 aliphatic rings. The molecular weight excluding hydrogens is 283 g/mol. The van der Waals surface area contributed by atoms with E-state index in [1.54, 1.807) is 6.92 Å². The predicted octanol–water partition coefficient (Wildman–Crippen LogP) is 2.66. The lowest BCUT2D eigenvalue weighted by atomic mass is 10.3. The van der Waals surface area contributed by atoms with Gasteiger partial charge in [-0.25, -0.2) is 13.1 Å². The molecule has 0 aliphatic carbocycles. The molecule has 0 amide bonds. The van der Waals surface area contributed by atoms with Crippen molar-refractivity contribution >= 4 is 10.0 Å². The summed E-state index contributed by atoms with van der Waals surface area (Å²) in [6, 6.07) is 3.78. The Labute approximate surface area is 109 Å². The van der Waals surface area contributed by atoms with Crippen LogP contribution in [0.3, 0.4) is 0 Å². The molecule has 19 heavy (non-hydrogen) atoms. The molecule has 0 saturated carbocycles. The Morgan fingerprint density at radius 1 is 1.26 bits per heavy atom. The van der Waals surface area contributed by atoms with Crippen LogP contribution >= 0.6 is 0 Å². The maximum atomic E-state index is 11.9. The van der Waals surface area contributed by atoms with Crippen molar-refractivity contribution in [3.05, 3.63) is 24.3 Å². The second kappa shape index (κ2) is 5.79. The van der Waals surface area contributed by atoms with Crippen LogP contribution in [0.5, 0.6) is 5.75 Å². The molecule has 0 spiro atoms. The molecule has 1 aromatic carbocycles. The van der Waals surface area contributed by atoms with Crippen LogP contribution in [0.2, 0.25) is 0 Å². The number of nitrogens with one attached hydrogen (secondary N) is 1. The number of ether oxygens (including phenoxy) is 1. The normalized spacial score (nSPS) is 14.2. The van der Waals surface area contributed by atoms with Gasteiger partial charge in [-0.2, -0.15) is 0 Å². The van der Waals surface area contributed by atoms with E-state index in [-0.39, 0.29) is 10.9 Å². The molecule has 0 fully saturated rings. The van der Waals surface area contributed by atoms with E-state index in [0.29, 0.717) is 6.42 Å². The first kappa shape index (κ1) is 15.8. The van der Waals surface area contributed by atoms with E-state index in [4.69, 9.17) is 0 Å². The molecule has 0 aromatic heterocycles. The first-order valence-electron chi connectivity index (χ1n) is 5.52. The van der Waals surface area contributed by atoms with Crippen LogP contribution < -0.4 is 9.46 Å². The van der Waals surface area contributed by atoms with E-state index in [0.717, 1.165) is 24.3 Å². The van der Waals surface area contributed by atoms with Crippen LogP contribution in [0.15, 0.2) is 29.2 Å². The molecule has 0 unspecified atom stereocenters. The minimum Gasteiger partial charge on any atom is -0.406 e. The van der Waals surface area contributed by atoms with Crippen molar-refractivity contribution < 1.29 is 26.3 Å². The molecule has 1 aromatic rings. The standard InChI is InChI=1S/C11H14F3NO3S/c1-3-8(2)15-19(16,17)10-6-4-9(5-7-10)18-11(12,13)14/h4-8,15H,3H2,1-2H3/t8-/m1/s1. The van der Waals surface area contributed by atoms with Crippen molar-refractivity contribution in [1.29, 1.82) is 0 Å². The summed E-state index contributed by atoms with van der Waals surface area (Å²) in [6.45, 7) is 3.51. The Bertz CT molecular complexity index is 511. The molecule has 0 aliphatic heterocycles. The third kappa shape index (κ3) is 5.07. The Balaban J connectivity index is 2.87. The lowest BCUT2D eigenvalue weighted by Crippen LogP contribution is -2.31. The fraction of sp³-hybridized carbons (Fsp3) is 0.455. The lowest BCUT2D eigenvalue weighted by molar-refractivity contribution is -0.274. The number of alkyl halides is 3. The van der Waals surface area contributed by atoms with Crippen molar-refractivity contribution in [3.8, 4) is 5.75 Å². The quantitative estimate of drug-likeness (QED) is 0.909. The third-order valence-corrected chi connectivity index (χ3v) is 3.94. The van der Waals surface area contributed by atoms with Gasteiger partial charge in [-0.1, -0.05) is 6.92 Å². The van der Waals surface area contributed by atoms with E-state index in [1.165, 1.54) is 0 Å². The second-order valence-corrected chi connectivity index (χ2v) is 5.66. The second-order valence-electron chi connectivity index (χ2n) is 3.95. The lowest BCUT2D eigenvalue weighted by Gasteiger charge is -2.13.